The fourth-order valence-corrected chi connectivity index (χ4v) is 9.35. The van der Waals surface area contributed by atoms with Crippen molar-refractivity contribution in [3.63, 3.8) is 0 Å². The molecule has 262 valence electrons. The van der Waals surface area contributed by atoms with Crippen molar-refractivity contribution >= 4 is 23.4 Å². The molecule has 3 aliphatic heterocycles. The first-order valence-corrected chi connectivity index (χ1v) is 18.0. The van der Waals surface area contributed by atoms with E-state index in [0.717, 1.165) is 55.8 Å². The van der Waals surface area contributed by atoms with Gasteiger partial charge in [-0.15, -0.1) is 0 Å². The maximum absolute atomic E-state index is 13.8. The molecule has 2 saturated carbocycles. The lowest BCUT2D eigenvalue weighted by molar-refractivity contribution is -0.208. The highest BCUT2D eigenvalue weighted by molar-refractivity contribution is 6.10. The number of benzene rings is 1. The van der Waals surface area contributed by atoms with E-state index in [1.165, 1.54) is 0 Å². The van der Waals surface area contributed by atoms with E-state index >= 15 is 0 Å². The van der Waals surface area contributed by atoms with Gasteiger partial charge >= 0.3 is 6.09 Å². The molecule has 2 amide bonds. The minimum Gasteiger partial charge on any atom is -0.489 e. The number of dihydropyridines is 1. The van der Waals surface area contributed by atoms with Crippen LogP contribution in [0.3, 0.4) is 0 Å². The van der Waals surface area contributed by atoms with E-state index in [0.29, 0.717) is 37.3 Å². The lowest BCUT2D eigenvalue weighted by Gasteiger charge is -2.65. The van der Waals surface area contributed by atoms with Crippen LogP contribution < -0.4 is 4.74 Å². The number of amides is 2. The molecular weight excluding hydrogens is 614 g/mol. The molecule has 2 atom stereocenters. The molecule has 2 aliphatic carbocycles. The molecule has 0 radical (unpaired) electrons. The number of hydrogen-bond donors (Lipinski definition) is 0. The molecular formula is C40H53N5O4. The molecule has 5 aliphatic rings. The average molecular weight is 668 g/mol. The number of fused-ring (bicyclic) bond motifs is 1. The van der Waals surface area contributed by atoms with Crippen molar-refractivity contribution in [2.45, 2.75) is 111 Å². The highest BCUT2D eigenvalue weighted by Gasteiger charge is 2.67. The van der Waals surface area contributed by atoms with Gasteiger partial charge in [-0.25, -0.2) is 9.64 Å². The van der Waals surface area contributed by atoms with Crippen LogP contribution in [0.5, 0.6) is 5.75 Å². The Hall–Kier alpha value is -3.82. The number of nitrogens with zero attached hydrogens (tertiary/aromatic N) is 5. The van der Waals surface area contributed by atoms with Gasteiger partial charge in [0.2, 0.25) is 5.91 Å². The minimum atomic E-state index is -0.469. The summed E-state index contributed by atoms with van der Waals surface area (Å²) in [5.74, 6) is 7.91. The summed E-state index contributed by atoms with van der Waals surface area (Å²) in [5, 5.41) is 0. The monoisotopic (exact) mass is 667 g/mol. The summed E-state index contributed by atoms with van der Waals surface area (Å²) in [7, 11) is 0. The largest absolute Gasteiger partial charge is 0.489 e. The molecule has 49 heavy (non-hydrogen) atoms. The summed E-state index contributed by atoms with van der Waals surface area (Å²) in [6, 6.07) is 6.07. The third kappa shape index (κ3) is 6.97. The Morgan fingerprint density at radius 1 is 1.04 bits per heavy atom. The zero-order chi connectivity index (χ0) is 35.3. The molecule has 0 bridgehead atoms. The second kappa shape index (κ2) is 13.1. The number of hydrogen-bond acceptors (Lipinski definition) is 6. The Morgan fingerprint density at radius 3 is 2.33 bits per heavy atom. The van der Waals surface area contributed by atoms with Crippen molar-refractivity contribution in [2.24, 2.45) is 27.7 Å². The van der Waals surface area contributed by atoms with Gasteiger partial charge in [0.25, 0.3) is 0 Å². The van der Waals surface area contributed by atoms with Gasteiger partial charge in [0.05, 0.1) is 18.5 Å². The third-order valence-corrected chi connectivity index (χ3v) is 11.3. The first-order chi connectivity index (χ1) is 23.1. The molecule has 0 N–H and O–H groups in total. The van der Waals surface area contributed by atoms with E-state index in [9.17, 15) is 9.59 Å². The second-order valence-electron chi connectivity index (χ2n) is 16.8. The van der Waals surface area contributed by atoms with E-state index < -0.39 is 5.60 Å². The standard InChI is InChI=1S/C40H53N5O4/c1-26-24-30(17-19-32(26)41-9)48-36-39(5,6)35(40(36,7)8)45-25-33-31(34(45)46)18-14-28(42-33)13-10-27-11-15-29(16-12-27)43-20-22-44(23-21-43)37(47)49-38(2,3)4/h14,17-19,24,27,29,31,33,35-36H,11-12,15-16,20-23,25H2,1-8H3. The molecule has 1 aromatic rings. The normalized spacial score (nSPS) is 30.7. The van der Waals surface area contributed by atoms with Gasteiger partial charge in [0, 0.05) is 61.6 Å². The van der Waals surface area contributed by atoms with Crippen molar-refractivity contribution < 1.29 is 19.1 Å². The minimum absolute atomic E-state index is 0.0142. The van der Waals surface area contributed by atoms with Gasteiger partial charge in [-0.2, -0.15) is 0 Å². The number of rotatable bonds is 4. The lowest BCUT2D eigenvalue weighted by Crippen LogP contribution is -2.75. The summed E-state index contributed by atoms with van der Waals surface area (Å²) in [4.78, 5) is 41.2. The molecule has 2 unspecified atom stereocenters. The summed E-state index contributed by atoms with van der Waals surface area (Å²) in [6.45, 7) is 27.6. The van der Waals surface area contributed by atoms with E-state index in [1.54, 1.807) is 0 Å². The van der Waals surface area contributed by atoms with E-state index in [-0.39, 0.29) is 46.9 Å². The number of ether oxygens (including phenoxy) is 2. The number of aryl methyl sites for hydroxylation is 1. The van der Waals surface area contributed by atoms with Crippen molar-refractivity contribution in [1.82, 2.24) is 14.7 Å². The second-order valence-corrected chi connectivity index (χ2v) is 16.8. The fraction of sp³-hybridized carbons (Fsp3) is 0.650. The Bertz CT molecular complexity index is 1600. The van der Waals surface area contributed by atoms with Crippen molar-refractivity contribution in [1.29, 1.82) is 0 Å². The summed E-state index contributed by atoms with van der Waals surface area (Å²) < 4.78 is 12.1. The molecule has 9 nitrogen and oxygen atoms in total. The lowest BCUT2D eigenvalue weighted by atomic mass is 9.49. The predicted octanol–water partition coefficient (Wildman–Crippen LogP) is 6.68. The summed E-state index contributed by atoms with van der Waals surface area (Å²) in [5.41, 5.74) is 1.32. The van der Waals surface area contributed by atoms with E-state index in [1.807, 2.05) is 62.9 Å². The van der Waals surface area contributed by atoms with Crippen LogP contribution >= 0.6 is 0 Å². The van der Waals surface area contributed by atoms with Crippen LogP contribution in [0.4, 0.5) is 10.5 Å². The third-order valence-electron chi connectivity index (χ3n) is 11.3. The predicted molar refractivity (Wildman–Crippen MR) is 192 cm³/mol. The quantitative estimate of drug-likeness (QED) is 0.265. The smallest absolute Gasteiger partial charge is 0.410 e. The van der Waals surface area contributed by atoms with Gasteiger partial charge in [-0.3, -0.25) is 14.7 Å². The van der Waals surface area contributed by atoms with Crippen LogP contribution in [0.1, 0.15) is 79.7 Å². The van der Waals surface area contributed by atoms with Gasteiger partial charge < -0.3 is 19.3 Å². The van der Waals surface area contributed by atoms with Crippen LogP contribution in [0.25, 0.3) is 4.85 Å². The van der Waals surface area contributed by atoms with Crippen LogP contribution in [-0.2, 0) is 9.53 Å². The molecule has 9 heteroatoms. The Labute approximate surface area is 292 Å². The van der Waals surface area contributed by atoms with Crippen molar-refractivity contribution in [2.75, 3.05) is 32.7 Å². The number of carbonyl (C=O) groups is 2. The zero-order valence-corrected chi connectivity index (χ0v) is 30.6. The van der Waals surface area contributed by atoms with E-state index in [2.05, 4.69) is 54.2 Å². The Morgan fingerprint density at radius 2 is 1.71 bits per heavy atom. The highest BCUT2D eigenvalue weighted by Crippen LogP contribution is 2.59. The van der Waals surface area contributed by atoms with Crippen molar-refractivity contribution in [3.8, 4) is 17.6 Å². The van der Waals surface area contributed by atoms with Crippen LogP contribution in [0, 0.1) is 48.0 Å². The Kier molecular flexibility index (Phi) is 9.39. The van der Waals surface area contributed by atoms with Crippen molar-refractivity contribution in [3.05, 3.63) is 47.3 Å². The maximum atomic E-state index is 13.8. The summed E-state index contributed by atoms with van der Waals surface area (Å²) in [6.07, 6.45) is 8.04. The topological polar surface area (TPSA) is 79.0 Å². The zero-order valence-electron chi connectivity index (χ0n) is 30.6. The Balaban J connectivity index is 1.02. The molecule has 6 rings (SSSR count). The number of allylic oxidation sites excluding steroid dienone is 1. The fourth-order valence-electron chi connectivity index (χ4n) is 9.35. The molecule has 0 aromatic heterocycles. The van der Waals surface area contributed by atoms with Gasteiger partial charge in [-0.1, -0.05) is 45.8 Å². The number of carbonyl (C=O) groups excluding carboxylic acids is 2. The van der Waals surface area contributed by atoms with Crippen LogP contribution in [0.2, 0.25) is 0 Å². The SMILES string of the molecule is [C-]#[N+]c1ccc(OC2C(C)(C)C(N3CC4N=C(C#CC5CCC(N6CCN(C(=O)OC(C)(C)C)CC6)CC5)C=CC4C3=O)C2(C)C)cc1C. The number of likely N-dealkylation sites (tertiary alicyclic amines) is 1. The van der Waals surface area contributed by atoms with Gasteiger partial charge in [-0.05, 0) is 83.1 Å². The number of aliphatic imine (C=N–C) groups is 1. The molecule has 3 heterocycles. The average Bonchev–Trinajstić information content (AvgIpc) is 3.35. The van der Waals surface area contributed by atoms with Gasteiger partial charge in [0.15, 0.2) is 5.69 Å². The summed E-state index contributed by atoms with van der Waals surface area (Å²) >= 11 is 0. The molecule has 0 spiro atoms. The maximum Gasteiger partial charge on any atom is 0.410 e. The first kappa shape index (κ1) is 35.0. The molecule has 1 aromatic carbocycles. The van der Waals surface area contributed by atoms with Crippen LogP contribution in [0.15, 0.2) is 35.3 Å². The first-order valence-electron chi connectivity index (χ1n) is 18.0. The molecule has 4 fully saturated rings. The van der Waals surface area contributed by atoms with Crippen LogP contribution in [-0.4, -0.2) is 95.0 Å². The molecule has 2 saturated heterocycles. The number of piperazine rings is 1. The highest BCUT2D eigenvalue weighted by atomic mass is 16.6. The van der Waals surface area contributed by atoms with Gasteiger partial charge in [0.1, 0.15) is 23.2 Å². The van der Waals surface area contributed by atoms with E-state index in [4.69, 9.17) is 21.0 Å².